The SMILES string of the molecule is CCCCCCCCC/C=C/C=C/C(SCCC(N)=O)C(O)c1cccc(C(N)=O)c1. The molecule has 0 heterocycles. The molecule has 1 rings (SSSR count). The molecule has 2 unspecified atom stereocenters. The van der Waals surface area contributed by atoms with E-state index in [-0.39, 0.29) is 17.6 Å². The predicted molar refractivity (Wildman–Crippen MR) is 131 cm³/mol. The number of allylic oxidation sites excluding steroid dienone is 3. The van der Waals surface area contributed by atoms with Gasteiger partial charge in [0, 0.05) is 17.7 Å². The number of benzene rings is 1. The molecule has 5 nitrogen and oxygen atoms in total. The van der Waals surface area contributed by atoms with Gasteiger partial charge in [-0.15, -0.1) is 0 Å². The summed E-state index contributed by atoms with van der Waals surface area (Å²) in [5.74, 6) is -0.385. The van der Waals surface area contributed by atoms with E-state index in [2.05, 4.69) is 13.0 Å². The van der Waals surface area contributed by atoms with E-state index in [9.17, 15) is 14.7 Å². The maximum absolute atomic E-state index is 11.4. The van der Waals surface area contributed by atoms with Crippen molar-refractivity contribution in [2.45, 2.75) is 76.1 Å². The Hall–Kier alpha value is -2.05. The molecule has 0 aliphatic rings. The number of hydrogen-bond acceptors (Lipinski definition) is 4. The number of unbranched alkanes of at least 4 members (excludes halogenated alkanes) is 7. The molecule has 0 saturated heterocycles. The molecule has 0 aromatic heterocycles. The van der Waals surface area contributed by atoms with Crippen LogP contribution in [0.4, 0.5) is 0 Å². The Morgan fingerprint density at radius 1 is 1.06 bits per heavy atom. The molecular weight excluding hydrogens is 408 g/mol. The fraction of sp³-hybridized carbons (Fsp3) is 0.520. The molecule has 2 amide bonds. The van der Waals surface area contributed by atoms with Gasteiger partial charge in [-0.2, -0.15) is 11.8 Å². The Balaban J connectivity index is 2.59. The van der Waals surface area contributed by atoms with Gasteiger partial charge in [0.05, 0.1) is 11.4 Å². The number of carbonyl (C=O) groups excluding carboxylic acids is 2. The van der Waals surface area contributed by atoms with Crippen molar-refractivity contribution in [1.82, 2.24) is 0 Å². The summed E-state index contributed by atoms with van der Waals surface area (Å²) in [4.78, 5) is 22.5. The third kappa shape index (κ3) is 12.4. The quantitative estimate of drug-likeness (QED) is 0.230. The Morgan fingerprint density at radius 2 is 1.77 bits per heavy atom. The zero-order valence-electron chi connectivity index (χ0n) is 18.7. The Kier molecular flexibility index (Phi) is 14.5. The Morgan fingerprint density at radius 3 is 2.45 bits per heavy atom. The predicted octanol–water partition coefficient (Wildman–Crippen LogP) is 5.05. The van der Waals surface area contributed by atoms with Crippen molar-refractivity contribution in [2.24, 2.45) is 11.5 Å². The Labute approximate surface area is 191 Å². The number of hydrogen-bond donors (Lipinski definition) is 3. The van der Waals surface area contributed by atoms with Gasteiger partial charge in [0.15, 0.2) is 0 Å². The summed E-state index contributed by atoms with van der Waals surface area (Å²) in [6, 6.07) is 6.70. The lowest BCUT2D eigenvalue weighted by atomic mass is 10.0. The number of nitrogens with two attached hydrogens (primary N) is 2. The molecule has 0 radical (unpaired) electrons. The van der Waals surface area contributed by atoms with E-state index < -0.39 is 12.0 Å². The maximum Gasteiger partial charge on any atom is 0.248 e. The number of aliphatic hydroxyl groups is 1. The number of carbonyl (C=O) groups is 2. The van der Waals surface area contributed by atoms with Crippen LogP contribution in [0.3, 0.4) is 0 Å². The molecule has 6 heteroatoms. The fourth-order valence-corrected chi connectivity index (χ4v) is 4.31. The lowest BCUT2D eigenvalue weighted by Crippen LogP contribution is -2.17. The molecule has 2 atom stereocenters. The summed E-state index contributed by atoms with van der Waals surface area (Å²) in [7, 11) is 0. The van der Waals surface area contributed by atoms with Crippen LogP contribution in [0.5, 0.6) is 0 Å². The van der Waals surface area contributed by atoms with Crippen molar-refractivity contribution in [3.63, 3.8) is 0 Å². The molecule has 0 bridgehead atoms. The lowest BCUT2D eigenvalue weighted by Gasteiger charge is -2.20. The molecule has 0 spiro atoms. The molecule has 31 heavy (non-hydrogen) atoms. The number of thioether (sulfide) groups is 1. The molecule has 1 aromatic carbocycles. The summed E-state index contributed by atoms with van der Waals surface area (Å²) >= 11 is 1.46. The second kappa shape index (κ2) is 16.6. The average molecular weight is 447 g/mol. The number of aliphatic hydroxyl groups excluding tert-OH is 1. The highest BCUT2D eigenvalue weighted by Gasteiger charge is 2.20. The van der Waals surface area contributed by atoms with Gasteiger partial charge in [0.25, 0.3) is 0 Å². The van der Waals surface area contributed by atoms with Crippen LogP contribution >= 0.6 is 11.8 Å². The zero-order chi connectivity index (χ0) is 22.9. The van der Waals surface area contributed by atoms with Crippen molar-refractivity contribution >= 4 is 23.6 Å². The smallest absolute Gasteiger partial charge is 0.248 e. The largest absolute Gasteiger partial charge is 0.387 e. The van der Waals surface area contributed by atoms with Crippen molar-refractivity contribution in [3.05, 3.63) is 59.7 Å². The first-order valence-electron chi connectivity index (χ1n) is 11.3. The van der Waals surface area contributed by atoms with Gasteiger partial charge in [0.2, 0.25) is 11.8 Å². The molecular formula is C25H38N2O3S. The van der Waals surface area contributed by atoms with E-state index in [0.29, 0.717) is 16.9 Å². The minimum absolute atomic E-state index is 0.247. The first kappa shape index (κ1) is 27.0. The van der Waals surface area contributed by atoms with Crippen LogP contribution in [0.2, 0.25) is 0 Å². The molecule has 0 fully saturated rings. The second-order valence-electron chi connectivity index (χ2n) is 7.71. The number of rotatable bonds is 17. The number of primary amides is 2. The summed E-state index contributed by atoms with van der Waals surface area (Å²) < 4.78 is 0. The van der Waals surface area contributed by atoms with E-state index in [1.165, 1.54) is 56.7 Å². The van der Waals surface area contributed by atoms with E-state index in [1.54, 1.807) is 24.3 Å². The third-order valence-electron chi connectivity index (χ3n) is 5.00. The maximum atomic E-state index is 11.4. The molecule has 0 aliphatic carbocycles. The first-order valence-corrected chi connectivity index (χ1v) is 12.3. The minimum Gasteiger partial charge on any atom is -0.387 e. The van der Waals surface area contributed by atoms with Crippen LogP contribution in [-0.4, -0.2) is 27.9 Å². The van der Waals surface area contributed by atoms with E-state index in [0.717, 1.165) is 6.42 Å². The highest BCUT2D eigenvalue weighted by molar-refractivity contribution is 8.00. The van der Waals surface area contributed by atoms with Gasteiger partial charge < -0.3 is 16.6 Å². The van der Waals surface area contributed by atoms with Gasteiger partial charge in [0.1, 0.15) is 0 Å². The van der Waals surface area contributed by atoms with Crippen LogP contribution in [0.25, 0.3) is 0 Å². The summed E-state index contributed by atoms with van der Waals surface area (Å²) in [6.07, 6.45) is 17.5. The molecule has 0 aliphatic heterocycles. The van der Waals surface area contributed by atoms with Crippen LogP contribution in [0.1, 0.15) is 86.7 Å². The molecule has 5 N–H and O–H groups in total. The van der Waals surface area contributed by atoms with E-state index in [4.69, 9.17) is 11.5 Å². The minimum atomic E-state index is -0.829. The number of amides is 2. The molecule has 172 valence electrons. The van der Waals surface area contributed by atoms with Crippen LogP contribution in [0, 0.1) is 0 Å². The van der Waals surface area contributed by atoms with Gasteiger partial charge >= 0.3 is 0 Å². The molecule has 1 aromatic rings. The van der Waals surface area contributed by atoms with Gasteiger partial charge in [-0.3, -0.25) is 9.59 Å². The van der Waals surface area contributed by atoms with Crippen molar-refractivity contribution in [2.75, 3.05) is 5.75 Å². The van der Waals surface area contributed by atoms with Gasteiger partial charge in [-0.25, -0.2) is 0 Å². The topological polar surface area (TPSA) is 106 Å². The summed E-state index contributed by atoms with van der Waals surface area (Å²) in [6.45, 7) is 2.23. The summed E-state index contributed by atoms with van der Waals surface area (Å²) in [5, 5.41) is 10.6. The monoisotopic (exact) mass is 446 g/mol. The lowest BCUT2D eigenvalue weighted by molar-refractivity contribution is -0.117. The third-order valence-corrected chi connectivity index (χ3v) is 6.24. The van der Waals surface area contributed by atoms with Crippen molar-refractivity contribution < 1.29 is 14.7 Å². The highest BCUT2D eigenvalue weighted by atomic mass is 32.2. The standard InChI is InChI=1S/C25H38N2O3S/c1-2-3-4-5-6-7-8-9-10-11-12-16-22(31-18-17-23(26)28)24(29)20-14-13-15-21(19-20)25(27)30/h10-16,19,22,24,29H,2-9,17-18H2,1H3,(H2,26,28)(H2,27,30)/b11-10+,16-12+. The molecule has 0 saturated carbocycles. The normalized spacial score (nSPS) is 13.6. The average Bonchev–Trinajstić information content (AvgIpc) is 2.75. The van der Waals surface area contributed by atoms with Crippen LogP contribution < -0.4 is 11.5 Å². The van der Waals surface area contributed by atoms with Crippen LogP contribution in [-0.2, 0) is 4.79 Å². The fourth-order valence-electron chi connectivity index (χ4n) is 3.18. The van der Waals surface area contributed by atoms with Gasteiger partial charge in [-0.05, 0) is 30.5 Å². The highest BCUT2D eigenvalue weighted by Crippen LogP contribution is 2.29. The van der Waals surface area contributed by atoms with E-state index >= 15 is 0 Å². The van der Waals surface area contributed by atoms with Crippen molar-refractivity contribution in [3.8, 4) is 0 Å². The van der Waals surface area contributed by atoms with Crippen LogP contribution in [0.15, 0.2) is 48.6 Å². The van der Waals surface area contributed by atoms with Crippen molar-refractivity contribution in [1.29, 1.82) is 0 Å². The summed E-state index contributed by atoms with van der Waals surface area (Å²) in [5.41, 5.74) is 11.6. The zero-order valence-corrected chi connectivity index (χ0v) is 19.5. The second-order valence-corrected chi connectivity index (χ2v) is 9.00. The van der Waals surface area contributed by atoms with Gasteiger partial charge in [-0.1, -0.05) is 81.9 Å². The van der Waals surface area contributed by atoms with E-state index in [1.807, 2.05) is 18.2 Å². The Bertz CT molecular complexity index is 718. The first-order chi connectivity index (χ1) is 15.0.